The van der Waals surface area contributed by atoms with E-state index in [4.69, 9.17) is 9.47 Å². The molecule has 0 fully saturated rings. The van der Waals surface area contributed by atoms with Crippen molar-refractivity contribution in [2.24, 2.45) is 5.92 Å². The minimum Gasteiger partial charge on any atom is -0.497 e. The fourth-order valence-electron chi connectivity index (χ4n) is 2.51. The van der Waals surface area contributed by atoms with Crippen molar-refractivity contribution >= 4 is 17.7 Å². The van der Waals surface area contributed by atoms with Crippen molar-refractivity contribution < 1.29 is 19.1 Å². The van der Waals surface area contributed by atoms with Crippen LogP contribution < -0.4 is 15.4 Å². The molecule has 0 aliphatic carbocycles. The minimum absolute atomic E-state index is 0.154. The molecule has 2 aromatic carbocycles. The van der Waals surface area contributed by atoms with Crippen LogP contribution >= 0.6 is 0 Å². The summed E-state index contributed by atoms with van der Waals surface area (Å²) in [6.45, 7) is 4.14. The first-order chi connectivity index (χ1) is 13.0. The fourth-order valence-corrected chi connectivity index (χ4v) is 2.51. The number of methoxy groups -OCH3 is 1. The van der Waals surface area contributed by atoms with Crippen LogP contribution in [0, 0.1) is 5.92 Å². The second-order valence-corrected chi connectivity index (χ2v) is 6.61. The standard InChI is InChI=1S/C21H26N2O4/c1-15(2)13-19(20(24)22-17-9-11-18(26-3)12-10-17)23-21(25)27-14-16-7-5-4-6-8-16/h4-12,15,19H,13-14H2,1-3H3,(H,22,24)(H,23,25)/t19-/m1/s1. The van der Waals surface area contributed by atoms with Crippen molar-refractivity contribution in [2.75, 3.05) is 12.4 Å². The maximum atomic E-state index is 12.6. The van der Waals surface area contributed by atoms with Gasteiger partial charge in [0, 0.05) is 5.69 Å². The van der Waals surface area contributed by atoms with Crippen molar-refractivity contribution in [3.05, 3.63) is 60.2 Å². The maximum absolute atomic E-state index is 12.6. The minimum atomic E-state index is -0.685. The van der Waals surface area contributed by atoms with Crippen LogP contribution in [0.5, 0.6) is 5.75 Å². The molecule has 1 atom stereocenters. The van der Waals surface area contributed by atoms with E-state index in [-0.39, 0.29) is 18.4 Å². The Bertz CT molecular complexity index is 730. The van der Waals surface area contributed by atoms with Gasteiger partial charge >= 0.3 is 6.09 Å². The Morgan fingerprint density at radius 2 is 1.67 bits per heavy atom. The number of amides is 2. The Hall–Kier alpha value is -3.02. The lowest BCUT2D eigenvalue weighted by atomic mass is 10.0. The SMILES string of the molecule is COc1ccc(NC(=O)[C@@H](CC(C)C)NC(=O)OCc2ccccc2)cc1. The molecule has 144 valence electrons. The van der Waals surface area contributed by atoms with Crippen LogP contribution in [0.1, 0.15) is 25.8 Å². The number of hydrogen-bond donors (Lipinski definition) is 2. The molecule has 6 nitrogen and oxygen atoms in total. The fraction of sp³-hybridized carbons (Fsp3) is 0.333. The van der Waals surface area contributed by atoms with Gasteiger partial charge in [0.1, 0.15) is 18.4 Å². The zero-order valence-electron chi connectivity index (χ0n) is 15.9. The first kappa shape index (κ1) is 20.3. The molecule has 0 saturated heterocycles. The third-order valence-electron chi connectivity index (χ3n) is 3.89. The van der Waals surface area contributed by atoms with E-state index in [1.807, 2.05) is 44.2 Å². The molecule has 0 saturated carbocycles. The summed E-state index contributed by atoms with van der Waals surface area (Å²) in [5.41, 5.74) is 1.52. The lowest BCUT2D eigenvalue weighted by Crippen LogP contribution is -2.44. The van der Waals surface area contributed by atoms with Crippen LogP contribution in [0.4, 0.5) is 10.5 Å². The van der Waals surface area contributed by atoms with Crippen molar-refractivity contribution in [1.29, 1.82) is 0 Å². The monoisotopic (exact) mass is 370 g/mol. The highest BCUT2D eigenvalue weighted by molar-refractivity contribution is 5.96. The number of alkyl carbamates (subject to hydrolysis) is 1. The Kier molecular flexibility index (Phi) is 7.67. The van der Waals surface area contributed by atoms with Gasteiger partial charge in [0.25, 0.3) is 0 Å². The highest BCUT2D eigenvalue weighted by Crippen LogP contribution is 2.16. The third-order valence-corrected chi connectivity index (χ3v) is 3.89. The van der Waals surface area contributed by atoms with Gasteiger partial charge < -0.3 is 20.1 Å². The predicted molar refractivity (Wildman–Crippen MR) is 105 cm³/mol. The second kappa shape index (κ2) is 10.2. The molecule has 27 heavy (non-hydrogen) atoms. The highest BCUT2D eigenvalue weighted by Gasteiger charge is 2.22. The summed E-state index contributed by atoms with van der Waals surface area (Å²) >= 11 is 0. The molecular weight excluding hydrogens is 344 g/mol. The van der Waals surface area contributed by atoms with Crippen LogP contribution in [-0.2, 0) is 16.1 Å². The van der Waals surface area contributed by atoms with E-state index in [1.54, 1.807) is 31.4 Å². The number of anilines is 1. The van der Waals surface area contributed by atoms with Gasteiger partial charge in [0.15, 0.2) is 0 Å². The summed E-state index contributed by atoms with van der Waals surface area (Å²) in [6.07, 6.45) is -0.114. The number of nitrogens with one attached hydrogen (secondary N) is 2. The quantitative estimate of drug-likeness (QED) is 0.737. The van der Waals surface area contributed by atoms with Gasteiger partial charge in [-0.05, 0) is 42.2 Å². The van der Waals surface area contributed by atoms with Crippen LogP contribution in [0.25, 0.3) is 0 Å². The molecule has 0 bridgehead atoms. The van der Waals surface area contributed by atoms with Crippen LogP contribution in [0.15, 0.2) is 54.6 Å². The van der Waals surface area contributed by atoms with Gasteiger partial charge in [-0.1, -0.05) is 44.2 Å². The molecule has 0 spiro atoms. The maximum Gasteiger partial charge on any atom is 0.408 e. The van der Waals surface area contributed by atoms with Crippen LogP contribution in [0.2, 0.25) is 0 Å². The molecule has 2 rings (SSSR count). The van der Waals surface area contributed by atoms with Crippen molar-refractivity contribution in [2.45, 2.75) is 32.9 Å². The molecule has 0 radical (unpaired) electrons. The van der Waals surface area contributed by atoms with E-state index in [1.165, 1.54) is 0 Å². The second-order valence-electron chi connectivity index (χ2n) is 6.61. The molecule has 0 aliphatic rings. The zero-order chi connectivity index (χ0) is 19.6. The average Bonchev–Trinajstić information content (AvgIpc) is 2.67. The molecule has 2 N–H and O–H groups in total. The van der Waals surface area contributed by atoms with E-state index in [0.29, 0.717) is 17.9 Å². The normalized spacial score (nSPS) is 11.6. The number of benzene rings is 2. The summed E-state index contributed by atoms with van der Waals surface area (Å²) < 4.78 is 10.3. The Balaban J connectivity index is 1.93. The zero-order valence-corrected chi connectivity index (χ0v) is 15.9. The molecule has 2 aromatic rings. The molecule has 2 amide bonds. The molecule has 0 unspecified atom stereocenters. The van der Waals surface area contributed by atoms with Crippen LogP contribution in [0.3, 0.4) is 0 Å². The first-order valence-corrected chi connectivity index (χ1v) is 8.90. The van der Waals surface area contributed by atoms with E-state index >= 15 is 0 Å². The summed E-state index contributed by atoms with van der Waals surface area (Å²) in [6, 6.07) is 15.7. The first-order valence-electron chi connectivity index (χ1n) is 8.90. The lowest BCUT2D eigenvalue weighted by molar-refractivity contribution is -0.118. The van der Waals surface area contributed by atoms with E-state index in [9.17, 15) is 9.59 Å². The summed E-state index contributed by atoms with van der Waals surface area (Å²) in [5.74, 6) is 0.644. The summed E-state index contributed by atoms with van der Waals surface area (Å²) in [7, 11) is 1.58. The van der Waals surface area contributed by atoms with Gasteiger partial charge in [-0.15, -0.1) is 0 Å². The van der Waals surface area contributed by atoms with Gasteiger partial charge in [-0.25, -0.2) is 4.79 Å². The Labute approximate surface area is 159 Å². The summed E-state index contributed by atoms with van der Waals surface area (Å²) in [5, 5.41) is 5.48. The molecule has 6 heteroatoms. The number of hydrogen-bond acceptors (Lipinski definition) is 4. The Morgan fingerprint density at radius 1 is 1.00 bits per heavy atom. The number of carbonyl (C=O) groups excluding carboxylic acids is 2. The number of ether oxygens (including phenoxy) is 2. The largest absolute Gasteiger partial charge is 0.497 e. The van der Waals surface area contributed by atoms with Crippen molar-refractivity contribution in [3.8, 4) is 5.75 Å². The molecule has 0 aromatic heterocycles. The summed E-state index contributed by atoms with van der Waals surface area (Å²) in [4.78, 5) is 24.7. The van der Waals surface area contributed by atoms with Gasteiger partial charge in [-0.3, -0.25) is 4.79 Å². The van der Waals surface area contributed by atoms with E-state index in [0.717, 1.165) is 5.56 Å². The number of carbonyl (C=O) groups is 2. The lowest BCUT2D eigenvalue weighted by Gasteiger charge is -2.20. The number of rotatable bonds is 8. The third kappa shape index (κ3) is 7.01. The van der Waals surface area contributed by atoms with Gasteiger partial charge in [0.2, 0.25) is 5.91 Å². The smallest absolute Gasteiger partial charge is 0.408 e. The average molecular weight is 370 g/mol. The topological polar surface area (TPSA) is 76.7 Å². The van der Waals surface area contributed by atoms with Crippen molar-refractivity contribution in [1.82, 2.24) is 5.32 Å². The van der Waals surface area contributed by atoms with E-state index in [2.05, 4.69) is 10.6 Å². The van der Waals surface area contributed by atoms with E-state index < -0.39 is 12.1 Å². The highest BCUT2D eigenvalue weighted by atomic mass is 16.5. The molecule has 0 aliphatic heterocycles. The van der Waals surface area contributed by atoms with Gasteiger partial charge in [0.05, 0.1) is 7.11 Å². The van der Waals surface area contributed by atoms with Crippen molar-refractivity contribution in [3.63, 3.8) is 0 Å². The van der Waals surface area contributed by atoms with Gasteiger partial charge in [-0.2, -0.15) is 0 Å². The van der Waals surface area contributed by atoms with Crippen LogP contribution in [-0.4, -0.2) is 25.2 Å². The Morgan fingerprint density at radius 3 is 2.26 bits per heavy atom. The molecular formula is C21H26N2O4. The molecule has 0 heterocycles. The predicted octanol–water partition coefficient (Wildman–Crippen LogP) is 3.97.